The average molecular weight is 250 g/mol. The summed E-state index contributed by atoms with van der Waals surface area (Å²) in [5, 5.41) is 1.38. The van der Waals surface area contributed by atoms with Gasteiger partial charge in [-0.2, -0.15) is 0 Å². The molecule has 4 heteroatoms. The van der Waals surface area contributed by atoms with E-state index in [1.54, 1.807) is 30.3 Å². The van der Waals surface area contributed by atoms with E-state index >= 15 is 0 Å². The molecule has 1 aromatic carbocycles. The monoisotopic (exact) mass is 249 g/mol. The lowest BCUT2D eigenvalue weighted by Crippen LogP contribution is -2.30. The van der Waals surface area contributed by atoms with Gasteiger partial charge in [0.15, 0.2) is 5.42 Å². The number of aromatic nitrogens is 1. The number of nitrogens with zero attached hydrogens (tertiary/aromatic N) is 1. The SMILES string of the molecule is C/C=c1\oc(=O)n(-c2ccc(Cl)cc2)\c1=C/C. The van der Waals surface area contributed by atoms with Gasteiger partial charge in [-0.3, -0.25) is 0 Å². The number of hydrogen-bond acceptors (Lipinski definition) is 2. The Morgan fingerprint density at radius 3 is 2.35 bits per heavy atom. The van der Waals surface area contributed by atoms with Gasteiger partial charge in [-0.05, 0) is 44.2 Å². The van der Waals surface area contributed by atoms with Crippen molar-refractivity contribution in [1.82, 2.24) is 4.57 Å². The molecule has 0 atom stereocenters. The quantitative estimate of drug-likeness (QED) is 0.771. The van der Waals surface area contributed by atoms with Crippen LogP contribution in [0.15, 0.2) is 33.5 Å². The van der Waals surface area contributed by atoms with Gasteiger partial charge in [-0.1, -0.05) is 17.7 Å². The van der Waals surface area contributed by atoms with Crippen LogP contribution in [0, 0.1) is 0 Å². The van der Waals surface area contributed by atoms with Gasteiger partial charge in [0, 0.05) is 5.02 Å². The van der Waals surface area contributed by atoms with Crippen LogP contribution in [0.3, 0.4) is 0 Å². The first-order chi connectivity index (χ1) is 8.17. The molecule has 17 heavy (non-hydrogen) atoms. The third-order valence-corrected chi connectivity index (χ3v) is 2.75. The summed E-state index contributed by atoms with van der Waals surface area (Å²) in [6.45, 7) is 3.70. The van der Waals surface area contributed by atoms with Crippen LogP contribution in [0.25, 0.3) is 17.8 Å². The molecule has 0 aliphatic rings. The molecule has 0 aliphatic heterocycles. The summed E-state index contributed by atoms with van der Waals surface area (Å²) in [6.07, 6.45) is 3.61. The third-order valence-electron chi connectivity index (χ3n) is 2.49. The van der Waals surface area contributed by atoms with E-state index < -0.39 is 5.76 Å². The van der Waals surface area contributed by atoms with Gasteiger partial charge in [-0.25, -0.2) is 9.36 Å². The van der Waals surface area contributed by atoms with Crippen molar-refractivity contribution >= 4 is 23.8 Å². The molecule has 3 nitrogen and oxygen atoms in total. The third kappa shape index (κ3) is 2.06. The van der Waals surface area contributed by atoms with Gasteiger partial charge < -0.3 is 4.42 Å². The summed E-state index contributed by atoms with van der Waals surface area (Å²) >= 11 is 5.82. The number of benzene rings is 1. The summed E-state index contributed by atoms with van der Waals surface area (Å²) < 4.78 is 6.68. The van der Waals surface area contributed by atoms with Crippen molar-refractivity contribution in [1.29, 1.82) is 0 Å². The zero-order valence-electron chi connectivity index (χ0n) is 9.61. The molecular weight excluding hydrogens is 238 g/mol. The molecule has 0 fully saturated rings. The predicted molar refractivity (Wildman–Crippen MR) is 68.8 cm³/mol. The highest BCUT2D eigenvalue weighted by atomic mass is 35.5. The van der Waals surface area contributed by atoms with Crippen molar-refractivity contribution in [3.63, 3.8) is 0 Å². The van der Waals surface area contributed by atoms with E-state index in [1.165, 1.54) is 4.57 Å². The molecule has 2 rings (SSSR count). The minimum absolute atomic E-state index is 0.395. The minimum atomic E-state index is -0.395. The van der Waals surface area contributed by atoms with E-state index in [1.807, 2.05) is 19.9 Å². The van der Waals surface area contributed by atoms with Crippen LogP contribution in [0.1, 0.15) is 13.8 Å². The Hall–Kier alpha value is -1.74. The van der Waals surface area contributed by atoms with Crippen LogP contribution in [0.2, 0.25) is 5.02 Å². The van der Waals surface area contributed by atoms with Crippen LogP contribution < -0.4 is 16.5 Å². The lowest BCUT2D eigenvalue weighted by Gasteiger charge is -2.00. The van der Waals surface area contributed by atoms with Crippen LogP contribution in [0.4, 0.5) is 0 Å². The maximum absolute atomic E-state index is 11.8. The lowest BCUT2D eigenvalue weighted by atomic mass is 10.3. The van der Waals surface area contributed by atoms with Crippen molar-refractivity contribution in [2.45, 2.75) is 13.8 Å². The van der Waals surface area contributed by atoms with Gasteiger partial charge in [0.1, 0.15) is 0 Å². The predicted octanol–water partition coefficient (Wildman–Crippen LogP) is 1.68. The highest BCUT2D eigenvalue weighted by Gasteiger charge is 2.06. The van der Waals surface area contributed by atoms with Gasteiger partial charge in [0.25, 0.3) is 0 Å². The first-order valence-electron chi connectivity index (χ1n) is 5.28. The molecule has 1 aromatic heterocycles. The zero-order valence-corrected chi connectivity index (χ0v) is 10.4. The van der Waals surface area contributed by atoms with Crippen molar-refractivity contribution in [3.8, 4) is 5.69 Å². The number of oxazole rings is 1. The second-order valence-corrected chi connectivity index (χ2v) is 3.94. The second-order valence-electron chi connectivity index (χ2n) is 3.51. The smallest absolute Gasteiger partial charge is 0.408 e. The summed E-state index contributed by atoms with van der Waals surface area (Å²) in [7, 11) is 0. The maximum atomic E-state index is 11.8. The fourth-order valence-corrected chi connectivity index (χ4v) is 1.84. The highest BCUT2D eigenvalue weighted by Crippen LogP contribution is 2.10. The molecule has 0 spiro atoms. The van der Waals surface area contributed by atoms with E-state index in [4.69, 9.17) is 16.0 Å². The standard InChI is InChI=1S/C13H12ClNO2/c1-3-11-12(4-2)17-13(16)15(11)10-7-5-9(14)6-8-10/h3-8H,1-2H3/b11-3-,12-4-. The Balaban J connectivity index is 2.81. The fourth-order valence-electron chi connectivity index (χ4n) is 1.71. The first-order valence-corrected chi connectivity index (χ1v) is 5.65. The zero-order chi connectivity index (χ0) is 12.4. The van der Waals surface area contributed by atoms with Crippen LogP contribution in [0.5, 0.6) is 0 Å². The average Bonchev–Trinajstić information content (AvgIpc) is 2.66. The molecule has 0 amide bonds. The molecule has 0 unspecified atom stereocenters. The Morgan fingerprint density at radius 1 is 1.18 bits per heavy atom. The molecule has 0 saturated carbocycles. The topological polar surface area (TPSA) is 35.1 Å². The summed E-state index contributed by atoms with van der Waals surface area (Å²) in [4.78, 5) is 11.8. The largest absolute Gasteiger partial charge is 0.424 e. The second kappa shape index (κ2) is 4.63. The summed E-state index contributed by atoms with van der Waals surface area (Å²) in [6, 6.07) is 7.05. The van der Waals surface area contributed by atoms with Gasteiger partial charge in [0.05, 0.1) is 11.0 Å². The molecule has 2 aromatic rings. The normalized spacial score (nSPS) is 13.4. The van der Waals surface area contributed by atoms with Crippen molar-refractivity contribution in [2.75, 3.05) is 0 Å². The van der Waals surface area contributed by atoms with Crippen molar-refractivity contribution < 1.29 is 4.42 Å². The van der Waals surface area contributed by atoms with E-state index in [0.717, 1.165) is 11.0 Å². The fraction of sp³-hybridized carbons (Fsp3) is 0.154. The van der Waals surface area contributed by atoms with Gasteiger partial charge >= 0.3 is 5.76 Å². The Labute approximate surface area is 103 Å². The van der Waals surface area contributed by atoms with Gasteiger partial charge in [-0.15, -0.1) is 0 Å². The molecule has 0 bridgehead atoms. The van der Waals surface area contributed by atoms with Crippen LogP contribution in [-0.2, 0) is 0 Å². The van der Waals surface area contributed by atoms with Crippen molar-refractivity contribution in [3.05, 3.63) is 50.6 Å². The Kier molecular flexibility index (Phi) is 3.20. The maximum Gasteiger partial charge on any atom is 0.424 e. The molecule has 0 saturated heterocycles. The molecule has 0 aliphatic carbocycles. The Bertz CT molecular complexity index is 693. The number of hydrogen-bond donors (Lipinski definition) is 0. The van der Waals surface area contributed by atoms with E-state index in [0.29, 0.717) is 10.4 Å². The minimum Gasteiger partial charge on any atom is -0.408 e. The Morgan fingerprint density at radius 2 is 1.82 bits per heavy atom. The number of halogens is 1. The molecule has 1 heterocycles. The molecule has 0 N–H and O–H groups in total. The van der Waals surface area contributed by atoms with E-state index in [-0.39, 0.29) is 0 Å². The van der Waals surface area contributed by atoms with E-state index in [9.17, 15) is 4.79 Å². The molecular formula is C13H12ClNO2. The van der Waals surface area contributed by atoms with Gasteiger partial charge in [0.2, 0.25) is 0 Å². The molecule has 88 valence electrons. The summed E-state index contributed by atoms with van der Waals surface area (Å²) in [5.41, 5.74) is 1.32. The molecule has 0 radical (unpaired) electrons. The van der Waals surface area contributed by atoms with Crippen LogP contribution in [-0.4, -0.2) is 4.57 Å². The summed E-state index contributed by atoms with van der Waals surface area (Å²) in [5.74, 6) is -0.395. The van der Waals surface area contributed by atoms with Crippen molar-refractivity contribution in [2.24, 2.45) is 0 Å². The van der Waals surface area contributed by atoms with Crippen LogP contribution >= 0.6 is 11.6 Å². The highest BCUT2D eigenvalue weighted by molar-refractivity contribution is 6.30. The lowest BCUT2D eigenvalue weighted by molar-refractivity contribution is 0.477. The number of rotatable bonds is 1. The van der Waals surface area contributed by atoms with E-state index in [2.05, 4.69) is 0 Å². The first kappa shape index (κ1) is 11.7.